The third-order valence-electron chi connectivity index (χ3n) is 3.33. The maximum Gasteiger partial charge on any atom is 0.272 e. The van der Waals surface area contributed by atoms with Crippen LogP contribution in [0.5, 0.6) is 0 Å². The van der Waals surface area contributed by atoms with Crippen LogP contribution < -0.4 is 0 Å². The van der Waals surface area contributed by atoms with Gasteiger partial charge in [0.2, 0.25) is 0 Å². The molecule has 1 aromatic carbocycles. The number of amides is 1. The van der Waals surface area contributed by atoms with E-state index in [4.69, 9.17) is 16.3 Å². The smallest absolute Gasteiger partial charge is 0.272 e. The van der Waals surface area contributed by atoms with Crippen LogP contribution in [0.15, 0.2) is 18.2 Å². The molecule has 0 saturated carbocycles. The highest BCUT2D eigenvalue weighted by Crippen LogP contribution is 2.21. The molecule has 1 aliphatic heterocycles. The molecule has 1 aliphatic rings. The van der Waals surface area contributed by atoms with Gasteiger partial charge in [0.25, 0.3) is 11.6 Å². The van der Waals surface area contributed by atoms with Crippen molar-refractivity contribution in [3.8, 4) is 0 Å². The Kier molecular flexibility index (Phi) is 4.74. The summed E-state index contributed by atoms with van der Waals surface area (Å²) in [4.78, 5) is 23.7. The van der Waals surface area contributed by atoms with Gasteiger partial charge >= 0.3 is 0 Å². The summed E-state index contributed by atoms with van der Waals surface area (Å²) in [6.45, 7) is 2.36. The second-order valence-electron chi connectivity index (χ2n) is 4.84. The van der Waals surface area contributed by atoms with Gasteiger partial charge in [0, 0.05) is 12.6 Å². The molecule has 0 N–H and O–H groups in total. The van der Waals surface area contributed by atoms with Crippen LogP contribution in [0.1, 0.15) is 17.3 Å². The number of rotatable bonds is 3. The van der Waals surface area contributed by atoms with Crippen LogP contribution in [0.25, 0.3) is 0 Å². The number of alkyl halides is 1. The van der Waals surface area contributed by atoms with E-state index in [1.165, 1.54) is 4.90 Å². The molecule has 0 spiro atoms. The van der Waals surface area contributed by atoms with Gasteiger partial charge in [0.1, 0.15) is 5.82 Å². The van der Waals surface area contributed by atoms with E-state index in [1.807, 2.05) is 0 Å². The van der Waals surface area contributed by atoms with Crippen LogP contribution in [0, 0.1) is 15.9 Å². The molecule has 0 aliphatic carbocycles. The van der Waals surface area contributed by atoms with E-state index in [-0.39, 0.29) is 30.1 Å². The fraction of sp³-hybridized carbons (Fsp3) is 0.462. The van der Waals surface area contributed by atoms with E-state index >= 15 is 0 Å². The minimum absolute atomic E-state index is 0.192. The monoisotopic (exact) mass is 316 g/mol. The average Bonchev–Trinajstić information content (AvgIpc) is 2.47. The number of carbonyl (C=O) groups is 1. The first-order valence-electron chi connectivity index (χ1n) is 6.36. The fourth-order valence-electron chi connectivity index (χ4n) is 2.14. The highest BCUT2D eigenvalue weighted by molar-refractivity contribution is 6.18. The zero-order valence-electron chi connectivity index (χ0n) is 11.3. The first-order chi connectivity index (χ1) is 9.93. The number of hydrogen-bond acceptors (Lipinski definition) is 4. The minimum Gasteiger partial charge on any atom is -0.373 e. The Hall–Kier alpha value is -1.73. The fourth-order valence-corrected chi connectivity index (χ4v) is 2.33. The van der Waals surface area contributed by atoms with Gasteiger partial charge in [-0.25, -0.2) is 4.39 Å². The zero-order valence-corrected chi connectivity index (χ0v) is 12.0. The summed E-state index contributed by atoms with van der Waals surface area (Å²) in [5.74, 6) is -1.19. The predicted octanol–water partition coefficient (Wildman–Crippen LogP) is 2.20. The molecule has 8 heteroatoms. The molecule has 6 nitrogen and oxygen atoms in total. The van der Waals surface area contributed by atoms with Gasteiger partial charge in [-0.3, -0.25) is 14.9 Å². The van der Waals surface area contributed by atoms with Crippen molar-refractivity contribution in [2.24, 2.45) is 0 Å². The topological polar surface area (TPSA) is 72.7 Å². The van der Waals surface area contributed by atoms with Crippen molar-refractivity contribution in [3.63, 3.8) is 0 Å². The molecule has 21 heavy (non-hydrogen) atoms. The van der Waals surface area contributed by atoms with Crippen LogP contribution >= 0.6 is 11.6 Å². The number of hydrogen-bond donors (Lipinski definition) is 0. The Bertz CT molecular complexity index is 569. The number of ether oxygens (including phenoxy) is 1. The lowest BCUT2D eigenvalue weighted by Crippen LogP contribution is -2.51. The second-order valence-corrected chi connectivity index (χ2v) is 5.15. The quantitative estimate of drug-likeness (QED) is 0.487. The standard InChI is InChI=1S/C13H14ClFN2O4/c1-8-7-21-10(5-14)6-16(8)13(18)11-3-2-9(17(19)20)4-12(11)15/h2-4,8,10H,5-7H2,1H3. The van der Waals surface area contributed by atoms with Gasteiger partial charge in [0.15, 0.2) is 0 Å². The molecule has 114 valence electrons. The molecule has 1 heterocycles. The van der Waals surface area contributed by atoms with E-state index in [0.29, 0.717) is 6.61 Å². The number of carbonyl (C=O) groups excluding carboxylic acids is 1. The van der Waals surface area contributed by atoms with Crippen LogP contribution in [0.4, 0.5) is 10.1 Å². The van der Waals surface area contributed by atoms with Crippen molar-refractivity contribution in [1.82, 2.24) is 4.90 Å². The molecule has 0 bridgehead atoms. The molecule has 1 amide bonds. The molecule has 2 unspecified atom stereocenters. The van der Waals surface area contributed by atoms with Gasteiger partial charge in [0.05, 0.1) is 41.2 Å². The van der Waals surface area contributed by atoms with Crippen LogP contribution in [0.3, 0.4) is 0 Å². The van der Waals surface area contributed by atoms with E-state index in [9.17, 15) is 19.3 Å². The first-order valence-corrected chi connectivity index (χ1v) is 6.90. The van der Waals surface area contributed by atoms with Gasteiger partial charge in [-0.15, -0.1) is 11.6 Å². The number of nitro benzene ring substituents is 1. The van der Waals surface area contributed by atoms with Crippen molar-refractivity contribution < 1.29 is 18.8 Å². The van der Waals surface area contributed by atoms with Gasteiger partial charge < -0.3 is 9.64 Å². The lowest BCUT2D eigenvalue weighted by atomic mass is 10.1. The molecular formula is C13H14ClFN2O4. The highest BCUT2D eigenvalue weighted by Gasteiger charge is 2.31. The largest absolute Gasteiger partial charge is 0.373 e. The van der Waals surface area contributed by atoms with Crippen molar-refractivity contribution in [2.75, 3.05) is 19.0 Å². The summed E-state index contributed by atoms with van der Waals surface area (Å²) in [5, 5.41) is 10.6. The number of benzene rings is 1. The summed E-state index contributed by atoms with van der Waals surface area (Å²) in [6.07, 6.45) is -0.298. The number of morpholine rings is 1. The maximum absolute atomic E-state index is 13.9. The van der Waals surface area contributed by atoms with E-state index in [0.717, 1.165) is 18.2 Å². The molecule has 1 fully saturated rings. The summed E-state index contributed by atoms with van der Waals surface area (Å²) in [7, 11) is 0. The number of halogens is 2. The zero-order chi connectivity index (χ0) is 15.6. The first kappa shape index (κ1) is 15.7. The third-order valence-corrected chi connectivity index (χ3v) is 3.68. The summed E-state index contributed by atoms with van der Waals surface area (Å²) in [6, 6.07) is 2.78. The molecule has 2 atom stereocenters. The number of nitrogens with zero attached hydrogens (tertiary/aromatic N) is 2. The number of non-ortho nitro benzene ring substituents is 1. The van der Waals surface area contributed by atoms with Gasteiger partial charge in [-0.05, 0) is 13.0 Å². The molecule has 2 rings (SSSR count). The minimum atomic E-state index is -0.907. The predicted molar refractivity (Wildman–Crippen MR) is 74.0 cm³/mol. The van der Waals surface area contributed by atoms with Gasteiger partial charge in [-0.1, -0.05) is 0 Å². The van der Waals surface area contributed by atoms with Gasteiger partial charge in [-0.2, -0.15) is 0 Å². The number of nitro groups is 1. The second kappa shape index (κ2) is 6.36. The van der Waals surface area contributed by atoms with E-state index in [2.05, 4.69) is 0 Å². The Morgan fingerprint density at radius 1 is 1.62 bits per heavy atom. The van der Waals surface area contributed by atoms with Crippen LogP contribution in [-0.2, 0) is 4.74 Å². The van der Waals surface area contributed by atoms with Crippen molar-refractivity contribution in [1.29, 1.82) is 0 Å². The lowest BCUT2D eigenvalue weighted by Gasteiger charge is -2.37. The maximum atomic E-state index is 13.9. The van der Waals surface area contributed by atoms with E-state index < -0.39 is 22.3 Å². The SMILES string of the molecule is CC1COC(CCl)CN1C(=O)c1ccc([N+](=O)[O-])cc1F. The molecular weight excluding hydrogens is 303 g/mol. The molecule has 0 aromatic heterocycles. The van der Waals surface area contributed by atoms with Crippen molar-refractivity contribution in [3.05, 3.63) is 39.7 Å². The third kappa shape index (κ3) is 3.30. The van der Waals surface area contributed by atoms with Crippen LogP contribution in [-0.4, -0.2) is 46.9 Å². The molecule has 1 aromatic rings. The van der Waals surface area contributed by atoms with Crippen molar-refractivity contribution in [2.45, 2.75) is 19.1 Å². The molecule has 0 radical (unpaired) electrons. The highest BCUT2D eigenvalue weighted by atomic mass is 35.5. The summed E-state index contributed by atoms with van der Waals surface area (Å²) < 4.78 is 19.3. The Morgan fingerprint density at radius 2 is 2.33 bits per heavy atom. The van der Waals surface area contributed by atoms with Crippen LogP contribution in [0.2, 0.25) is 0 Å². The Morgan fingerprint density at radius 3 is 2.90 bits per heavy atom. The average molecular weight is 317 g/mol. The van der Waals surface area contributed by atoms with E-state index in [1.54, 1.807) is 6.92 Å². The summed E-state index contributed by atoms with van der Waals surface area (Å²) >= 11 is 5.72. The molecule has 1 saturated heterocycles. The Balaban J connectivity index is 2.24. The summed E-state index contributed by atoms with van der Waals surface area (Å²) in [5.41, 5.74) is -0.583. The lowest BCUT2D eigenvalue weighted by molar-refractivity contribution is -0.385. The van der Waals surface area contributed by atoms with Crippen molar-refractivity contribution >= 4 is 23.2 Å². The normalized spacial score (nSPS) is 22.1. The Labute approximate surface area is 125 Å².